The van der Waals surface area contributed by atoms with E-state index in [0.29, 0.717) is 12.0 Å². The molecule has 2 N–H and O–H groups in total. The molecule has 4 heteroatoms. The zero-order chi connectivity index (χ0) is 13.0. The van der Waals surface area contributed by atoms with Gasteiger partial charge in [0, 0.05) is 25.0 Å². The third-order valence-corrected chi connectivity index (χ3v) is 4.37. The number of pyridine rings is 1. The quantitative estimate of drug-likeness (QED) is 0.892. The Morgan fingerprint density at radius 2 is 2.33 bits per heavy atom. The number of hydrogen-bond donors (Lipinski definition) is 1. The SMILES string of the molecule is CCN(Cc1ccncc1Cl)C1CCCC1CN. The fourth-order valence-corrected chi connectivity index (χ4v) is 3.17. The first kappa shape index (κ1) is 13.8. The number of halogens is 1. The highest BCUT2D eigenvalue weighted by Gasteiger charge is 2.30. The molecule has 0 aliphatic heterocycles. The van der Waals surface area contributed by atoms with Crippen molar-refractivity contribution in [3.8, 4) is 0 Å². The van der Waals surface area contributed by atoms with E-state index in [0.717, 1.165) is 30.2 Å². The van der Waals surface area contributed by atoms with Crippen LogP contribution < -0.4 is 5.73 Å². The molecule has 100 valence electrons. The van der Waals surface area contributed by atoms with E-state index >= 15 is 0 Å². The van der Waals surface area contributed by atoms with Crippen LogP contribution in [0.15, 0.2) is 18.5 Å². The van der Waals surface area contributed by atoms with E-state index in [2.05, 4.69) is 16.8 Å². The molecule has 0 saturated heterocycles. The molecule has 1 fully saturated rings. The van der Waals surface area contributed by atoms with Crippen molar-refractivity contribution in [3.63, 3.8) is 0 Å². The summed E-state index contributed by atoms with van der Waals surface area (Å²) < 4.78 is 0. The van der Waals surface area contributed by atoms with E-state index in [1.807, 2.05) is 12.3 Å². The number of nitrogens with two attached hydrogens (primary N) is 1. The van der Waals surface area contributed by atoms with Gasteiger partial charge in [-0.25, -0.2) is 0 Å². The van der Waals surface area contributed by atoms with Crippen LogP contribution in [-0.4, -0.2) is 29.0 Å². The molecule has 0 bridgehead atoms. The smallest absolute Gasteiger partial charge is 0.0634 e. The van der Waals surface area contributed by atoms with Gasteiger partial charge in [0.1, 0.15) is 0 Å². The summed E-state index contributed by atoms with van der Waals surface area (Å²) in [6, 6.07) is 2.63. The van der Waals surface area contributed by atoms with Gasteiger partial charge in [0.25, 0.3) is 0 Å². The molecule has 2 rings (SSSR count). The summed E-state index contributed by atoms with van der Waals surface area (Å²) in [4.78, 5) is 6.54. The van der Waals surface area contributed by atoms with Gasteiger partial charge in [-0.1, -0.05) is 24.9 Å². The Bertz CT molecular complexity index is 383. The summed E-state index contributed by atoms with van der Waals surface area (Å²) in [5, 5.41) is 0.762. The molecule has 2 unspecified atom stereocenters. The molecular formula is C14H22ClN3. The average Bonchev–Trinajstić information content (AvgIpc) is 2.86. The monoisotopic (exact) mass is 267 g/mol. The van der Waals surface area contributed by atoms with Gasteiger partial charge in [-0.15, -0.1) is 0 Å². The van der Waals surface area contributed by atoms with Crippen LogP contribution in [0.3, 0.4) is 0 Å². The average molecular weight is 268 g/mol. The fraction of sp³-hybridized carbons (Fsp3) is 0.643. The van der Waals surface area contributed by atoms with Crippen molar-refractivity contribution in [2.75, 3.05) is 13.1 Å². The maximum atomic E-state index is 6.19. The Labute approximate surface area is 114 Å². The largest absolute Gasteiger partial charge is 0.330 e. The normalized spacial score (nSPS) is 23.8. The van der Waals surface area contributed by atoms with Crippen molar-refractivity contribution in [2.45, 2.75) is 38.8 Å². The summed E-state index contributed by atoms with van der Waals surface area (Å²) in [6.45, 7) is 4.95. The molecule has 1 aliphatic rings. The van der Waals surface area contributed by atoms with Gasteiger partial charge in [-0.05, 0) is 43.5 Å². The Morgan fingerprint density at radius 3 is 3.00 bits per heavy atom. The van der Waals surface area contributed by atoms with E-state index in [1.54, 1.807) is 6.20 Å². The zero-order valence-electron chi connectivity index (χ0n) is 11.0. The lowest BCUT2D eigenvalue weighted by molar-refractivity contribution is 0.162. The van der Waals surface area contributed by atoms with Gasteiger partial charge in [0.05, 0.1) is 5.02 Å². The third kappa shape index (κ3) is 3.02. The lowest BCUT2D eigenvalue weighted by atomic mass is 10.0. The van der Waals surface area contributed by atoms with Crippen LogP contribution in [0.25, 0.3) is 0 Å². The van der Waals surface area contributed by atoms with Crippen LogP contribution in [0.5, 0.6) is 0 Å². The highest BCUT2D eigenvalue weighted by atomic mass is 35.5. The Hall–Kier alpha value is -0.640. The fourth-order valence-electron chi connectivity index (χ4n) is 2.99. The standard InChI is InChI=1S/C14H22ClN3/c1-2-18(14-5-3-4-11(14)8-16)10-12-6-7-17-9-13(12)15/h6-7,9,11,14H,2-5,8,10,16H2,1H3. The van der Waals surface area contributed by atoms with Crippen molar-refractivity contribution < 1.29 is 0 Å². The van der Waals surface area contributed by atoms with Crippen LogP contribution in [-0.2, 0) is 6.54 Å². The van der Waals surface area contributed by atoms with Crippen LogP contribution in [0, 0.1) is 5.92 Å². The van der Waals surface area contributed by atoms with Crippen molar-refractivity contribution in [3.05, 3.63) is 29.0 Å². The molecule has 2 atom stereocenters. The zero-order valence-corrected chi connectivity index (χ0v) is 11.7. The second-order valence-corrected chi connectivity index (χ2v) is 5.43. The van der Waals surface area contributed by atoms with Gasteiger partial charge in [-0.3, -0.25) is 9.88 Å². The summed E-state index contributed by atoms with van der Waals surface area (Å²) in [7, 11) is 0. The molecule has 3 nitrogen and oxygen atoms in total. The summed E-state index contributed by atoms with van der Waals surface area (Å²) in [6.07, 6.45) is 7.36. The Balaban J connectivity index is 2.07. The minimum absolute atomic E-state index is 0.615. The molecule has 18 heavy (non-hydrogen) atoms. The summed E-state index contributed by atoms with van der Waals surface area (Å²) >= 11 is 6.19. The predicted molar refractivity (Wildman–Crippen MR) is 75.5 cm³/mol. The summed E-state index contributed by atoms with van der Waals surface area (Å²) in [5.74, 6) is 0.644. The van der Waals surface area contributed by atoms with Crippen molar-refractivity contribution >= 4 is 11.6 Å². The van der Waals surface area contributed by atoms with Crippen LogP contribution in [0.4, 0.5) is 0 Å². The first-order valence-corrected chi connectivity index (χ1v) is 7.16. The minimum atomic E-state index is 0.615. The molecule has 0 amide bonds. The highest BCUT2D eigenvalue weighted by molar-refractivity contribution is 6.31. The van der Waals surface area contributed by atoms with Gasteiger partial charge in [-0.2, -0.15) is 0 Å². The van der Waals surface area contributed by atoms with Gasteiger partial charge in [0.2, 0.25) is 0 Å². The lowest BCUT2D eigenvalue weighted by Crippen LogP contribution is -2.39. The molecule has 0 spiro atoms. The predicted octanol–water partition coefficient (Wildman–Crippen LogP) is 2.68. The molecular weight excluding hydrogens is 246 g/mol. The number of aromatic nitrogens is 1. The van der Waals surface area contributed by atoms with Crippen molar-refractivity contribution in [2.24, 2.45) is 11.7 Å². The van der Waals surface area contributed by atoms with Crippen molar-refractivity contribution in [1.29, 1.82) is 0 Å². The second kappa shape index (κ2) is 6.50. The van der Waals surface area contributed by atoms with E-state index in [1.165, 1.54) is 19.3 Å². The van der Waals surface area contributed by atoms with Gasteiger partial charge >= 0.3 is 0 Å². The maximum Gasteiger partial charge on any atom is 0.0634 e. The second-order valence-electron chi connectivity index (χ2n) is 5.02. The minimum Gasteiger partial charge on any atom is -0.330 e. The molecule has 1 saturated carbocycles. The van der Waals surface area contributed by atoms with Crippen molar-refractivity contribution in [1.82, 2.24) is 9.88 Å². The van der Waals surface area contributed by atoms with Gasteiger partial charge < -0.3 is 5.73 Å². The Kier molecular flexibility index (Phi) is 4.98. The maximum absolute atomic E-state index is 6.19. The first-order chi connectivity index (χ1) is 8.76. The summed E-state index contributed by atoms with van der Waals surface area (Å²) in [5.41, 5.74) is 7.04. The van der Waals surface area contributed by atoms with Gasteiger partial charge in [0.15, 0.2) is 0 Å². The lowest BCUT2D eigenvalue weighted by Gasteiger charge is -2.32. The molecule has 0 aromatic carbocycles. The van der Waals surface area contributed by atoms with E-state index in [-0.39, 0.29) is 0 Å². The molecule has 1 heterocycles. The molecule has 1 aromatic heterocycles. The third-order valence-electron chi connectivity index (χ3n) is 4.03. The van der Waals surface area contributed by atoms with Crippen LogP contribution in [0.1, 0.15) is 31.7 Å². The molecule has 1 aromatic rings. The Morgan fingerprint density at radius 1 is 1.50 bits per heavy atom. The number of nitrogens with zero attached hydrogens (tertiary/aromatic N) is 2. The topological polar surface area (TPSA) is 42.2 Å². The first-order valence-electron chi connectivity index (χ1n) is 6.78. The van der Waals surface area contributed by atoms with E-state index < -0.39 is 0 Å². The highest BCUT2D eigenvalue weighted by Crippen LogP contribution is 2.30. The number of hydrogen-bond acceptors (Lipinski definition) is 3. The number of rotatable bonds is 5. The molecule has 0 radical (unpaired) electrons. The van der Waals surface area contributed by atoms with Crippen LogP contribution >= 0.6 is 11.6 Å². The molecule has 1 aliphatic carbocycles. The van der Waals surface area contributed by atoms with E-state index in [4.69, 9.17) is 17.3 Å². The van der Waals surface area contributed by atoms with Crippen LogP contribution in [0.2, 0.25) is 5.02 Å². The van der Waals surface area contributed by atoms with E-state index in [9.17, 15) is 0 Å².